The summed E-state index contributed by atoms with van der Waals surface area (Å²) in [5, 5.41) is 7.97. The fourth-order valence-corrected chi connectivity index (χ4v) is 8.37. The van der Waals surface area contributed by atoms with Crippen LogP contribution in [0.4, 0.5) is 0 Å². The number of hydrogen-bond acceptors (Lipinski definition) is 4. The van der Waals surface area contributed by atoms with E-state index in [0.29, 0.717) is 16.4 Å². The van der Waals surface area contributed by atoms with Crippen LogP contribution in [0.1, 0.15) is 0 Å². The molecule has 0 fully saturated rings. The fourth-order valence-electron chi connectivity index (χ4n) is 7.11. The van der Waals surface area contributed by atoms with E-state index >= 15 is 0 Å². The quantitative estimate of drug-likeness (QED) is 0.187. The first-order chi connectivity index (χ1) is 22.3. The van der Waals surface area contributed by atoms with E-state index in [1.807, 2.05) is 65.9 Å². The molecule has 10 rings (SSSR count). The summed E-state index contributed by atoms with van der Waals surface area (Å²) in [5.41, 5.74) is 4.93. The number of hydrogen-bond donors (Lipinski definition) is 0. The summed E-state index contributed by atoms with van der Waals surface area (Å²) in [7, 11) is 0. The van der Waals surface area contributed by atoms with E-state index in [2.05, 4.69) is 82.3 Å². The summed E-state index contributed by atoms with van der Waals surface area (Å²) < 4.78 is 6.55. The van der Waals surface area contributed by atoms with Crippen LogP contribution in [0.3, 0.4) is 0 Å². The zero-order valence-electron chi connectivity index (χ0n) is 23.8. The average molecular weight is 595 g/mol. The first-order valence-corrected chi connectivity index (χ1v) is 15.7. The first kappa shape index (κ1) is 24.6. The highest BCUT2D eigenvalue weighted by Gasteiger charge is 2.23. The number of nitrogens with zero attached hydrogens (tertiary/aromatic N) is 4. The van der Waals surface area contributed by atoms with Crippen LogP contribution in [-0.4, -0.2) is 19.1 Å². The highest BCUT2D eigenvalue weighted by atomic mass is 32.1. The molecule has 0 saturated heterocycles. The molecule has 10 aromatic rings. The molecule has 0 saturated carbocycles. The largest absolute Gasteiger partial charge is 0.292 e. The second-order valence-electron chi connectivity index (χ2n) is 11.3. The minimum absolute atomic E-state index is 0.110. The molecule has 0 spiro atoms. The van der Waals surface area contributed by atoms with E-state index in [1.54, 1.807) is 10.8 Å². The zero-order chi connectivity index (χ0) is 29.6. The number of fused-ring (bicyclic) bond motifs is 13. The standard InChI is InChI=1S/C39H22N4OS/c44-39-28-17-10-22-40-35(28)36-30(42(39)23-11-2-1-3-12-23)20-21-32(41-36)43-29-18-8-6-15-26(29)33-24-13-4-5-14-25(24)34-27-16-7-9-19-31(27)45-38(34)37(33)43/h1-22H. The Morgan fingerprint density at radius 2 is 1.22 bits per heavy atom. The Bertz CT molecular complexity index is 2900. The molecule has 45 heavy (non-hydrogen) atoms. The zero-order valence-corrected chi connectivity index (χ0v) is 24.6. The van der Waals surface area contributed by atoms with E-state index in [0.717, 1.165) is 28.1 Å². The molecule has 0 amide bonds. The summed E-state index contributed by atoms with van der Waals surface area (Å²) in [4.78, 5) is 23.9. The third kappa shape index (κ3) is 3.29. The van der Waals surface area contributed by atoms with Crippen LogP contribution in [0.15, 0.2) is 138 Å². The lowest BCUT2D eigenvalue weighted by atomic mass is 9.99. The molecule has 0 aliphatic carbocycles. The molecule has 0 aliphatic heterocycles. The second kappa shape index (κ2) is 9.08. The van der Waals surface area contributed by atoms with Crippen molar-refractivity contribution in [2.24, 2.45) is 0 Å². The van der Waals surface area contributed by atoms with Gasteiger partial charge in [-0.2, -0.15) is 0 Å². The van der Waals surface area contributed by atoms with Gasteiger partial charge >= 0.3 is 0 Å². The Balaban J connectivity index is 1.42. The highest BCUT2D eigenvalue weighted by Crippen LogP contribution is 2.47. The van der Waals surface area contributed by atoms with Gasteiger partial charge in [0.1, 0.15) is 16.9 Å². The van der Waals surface area contributed by atoms with Gasteiger partial charge in [-0.1, -0.05) is 78.9 Å². The molecule has 0 bridgehead atoms. The minimum atomic E-state index is -0.110. The Morgan fingerprint density at radius 3 is 2.07 bits per heavy atom. The van der Waals surface area contributed by atoms with Crippen molar-refractivity contribution in [3.63, 3.8) is 0 Å². The number of para-hydroxylation sites is 2. The maximum absolute atomic E-state index is 13.9. The van der Waals surface area contributed by atoms with Gasteiger partial charge in [-0.3, -0.25) is 18.9 Å². The third-order valence-electron chi connectivity index (χ3n) is 8.96. The molecular formula is C39H22N4OS. The van der Waals surface area contributed by atoms with Gasteiger partial charge in [0, 0.05) is 38.1 Å². The van der Waals surface area contributed by atoms with Crippen LogP contribution in [-0.2, 0) is 0 Å². The van der Waals surface area contributed by atoms with Crippen molar-refractivity contribution in [1.82, 2.24) is 19.1 Å². The number of rotatable bonds is 2. The van der Waals surface area contributed by atoms with E-state index in [9.17, 15) is 4.79 Å². The third-order valence-corrected chi connectivity index (χ3v) is 10.1. The van der Waals surface area contributed by atoms with E-state index in [1.165, 1.54) is 41.7 Å². The van der Waals surface area contributed by atoms with Crippen molar-refractivity contribution in [1.29, 1.82) is 0 Å². The monoisotopic (exact) mass is 594 g/mol. The lowest BCUT2D eigenvalue weighted by Crippen LogP contribution is -2.20. The van der Waals surface area contributed by atoms with Gasteiger partial charge in [0.05, 0.1) is 26.6 Å². The van der Waals surface area contributed by atoms with Crippen molar-refractivity contribution >= 4 is 86.0 Å². The van der Waals surface area contributed by atoms with Crippen molar-refractivity contribution < 1.29 is 0 Å². The Morgan fingerprint density at radius 1 is 0.533 bits per heavy atom. The topological polar surface area (TPSA) is 52.7 Å². The fraction of sp³-hybridized carbons (Fsp3) is 0. The Kier molecular flexibility index (Phi) is 4.96. The molecule has 5 nitrogen and oxygen atoms in total. The van der Waals surface area contributed by atoms with Crippen molar-refractivity contribution in [2.45, 2.75) is 0 Å². The molecule has 0 radical (unpaired) electrons. The van der Waals surface area contributed by atoms with Crippen LogP contribution in [0.25, 0.3) is 86.2 Å². The Labute approximate surface area is 259 Å². The van der Waals surface area contributed by atoms with Gasteiger partial charge < -0.3 is 0 Å². The summed E-state index contributed by atoms with van der Waals surface area (Å²) in [5.74, 6) is 0.785. The van der Waals surface area contributed by atoms with Crippen LogP contribution in [0, 0.1) is 0 Å². The lowest BCUT2D eigenvalue weighted by Gasteiger charge is -2.14. The molecule has 0 aliphatic rings. The van der Waals surface area contributed by atoms with E-state index in [4.69, 9.17) is 4.98 Å². The molecule has 5 aromatic carbocycles. The molecule has 5 heterocycles. The summed E-state index contributed by atoms with van der Waals surface area (Å²) >= 11 is 1.83. The molecule has 0 atom stereocenters. The molecule has 0 N–H and O–H groups in total. The van der Waals surface area contributed by atoms with Crippen molar-refractivity contribution in [3.05, 3.63) is 144 Å². The van der Waals surface area contributed by atoms with Gasteiger partial charge in [-0.15, -0.1) is 11.3 Å². The number of benzene rings is 5. The average Bonchev–Trinajstić information content (AvgIpc) is 3.66. The lowest BCUT2D eigenvalue weighted by molar-refractivity contribution is 1.04. The molecule has 6 heteroatoms. The summed E-state index contributed by atoms with van der Waals surface area (Å²) in [6, 6.07) is 43.5. The van der Waals surface area contributed by atoms with Gasteiger partial charge in [0.2, 0.25) is 0 Å². The second-order valence-corrected chi connectivity index (χ2v) is 12.4. The smallest absolute Gasteiger partial charge is 0.265 e. The predicted molar refractivity (Wildman–Crippen MR) is 187 cm³/mol. The SMILES string of the molecule is O=c1c2cccnc2c2nc(-n3c4ccccc4c4c5ccccc5c5c6ccccc6sc5c43)ccc2n1-c1ccccc1. The normalized spacial score (nSPS) is 12.1. The van der Waals surface area contributed by atoms with Gasteiger partial charge in [0.15, 0.2) is 0 Å². The van der Waals surface area contributed by atoms with Gasteiger partial charge in [-0.05, 0) is 59.3 Å². The number of thiophene rings is 1. The van der Waals surface area contributed by atoms with E-state index < -0.39 is 0 Å². The Hall–Kier alpha value is -5.85. The summed E-state index contributed by atoms with van der Waals surface area (Å²) in [6.45, 7) is 0. The van der Waals surface area contributed by atoms with Gasteiger partial charge in [-0.25, -0.2) is 4.98 Å². The van der Waals surface area contributed by atoms with Crippen LogP contribution < -0.4 is 5.56 Å². The predicted octanol–water partition coefficient (Wildman–Crippen LogP) is 9.55. The van der Waals surface area contributed by atoms with Crippen LogP contribution >= 0.6 is 11.3 Å². The van der Waals surface area contributed by atoms with E-state index in [-0.39, 0.29) is 5.56 Å². The molecular weight excluding hydrogens is 573 g/mol. The van der Waals surface area contributed by atoms with Crippen molar-refractivity contribution in [3.8, 4) is 11.5 Å². The van der Waals surface area contributed by atoms with Crippen LogP contribution in [0.2, 0.25) is 0 Å². The maximum atomic E-state index is 13.9. The van der Waals surface area contributed by atoms with Crippen molar-refractivity contribution in [2.75, 3.05) is 0 Å². The van der Waals surface area contributed by atoms with Crippen LogP contribution in [0.5, 0.6) is 0 Å². The highest BCUT2D eigenvalue weighted by molar-refractivity contribution is 7.27. The minimum Gasteiger partial charge on any atom is -0.292 e. The number of pyridine rings is 3. The first-order valence-electron chi connectivity index (χ1n) is 14.9. The summed E-state index contributed by atoms with van der Waals surface area (Å²) in [6.07, 6.45) is 1.73. The molecule has 210 valence electrons. The molecule has 5 aromatic heterocycles. The maximum Gasteiger partial charge on any atom is 0.265 e. The van der Waals surface area contributed by atoms with Gasteiger partial charge in [0.25, 0.3) is 5.56 Å². The number of aromatic nitrogens is 4. The molecule has 0 unspecified atom stereocenters.